The van der Waals surface area contributed by atoms with Gasteiger partial charge < -0.3 is 15.1 Å². The number of nitrogens with one attached hydrogen (secondary N) is 1. The smallest absolute Gasteiger partial charge is 0.253 e. The lowest BCUT2D eigenvalue weighted by Gasteiger charge is -2.33. The van der Waals surface area contributed by atoms with Crippen molar-refractivity contribution in [3.8, 4) is 0 Å². The van der Waals surface area contributed by atoms with Crippen LogP contribution in [-0.2, 0) is 14.8 Å². The van der Waals surface area contributed by atoms with E-state index in [1.807, 2.05) is 14.1 Å². The molecular formula is C23H36N4O4S. The van der Waals surface area contributed by atoms with E-state index in [-0.39, 0.29) is 28.9 Å². The highest BCUT2D eigenvalue weighted by Gasteiger charge is 2.30. The van der Waals surface area contributed by atoms with Gasteiger partial charge in [-0.05, 0) is 63.0 Å². The molecule has 0 atom stereocenters. The molecule has 1 aromatic carbocycles. The summed E-state index contributed by atoms with van der Waals surface area (Å²) in [6.07, 6.45) is 1.92. The number of hydrogen-bond donors (Lipinski definition) is 1. The zero-order chi connectivity index (χ0) is 23.5. The lowest BCUT2D eigenvalue weighted by Crippen LogP contribution is -2.46. The lowest BCUT2D eigenvalue weighted by molar-refractivity contribution is -0.126. The van der Waals surface area contributed by atoms with E-state index in [9.17, 15) is 18.0 Å². The Morgan fingerprint density at radius 2 is 1.72 bits per heavy atom. The summed E-state index contributed by atoms with van der Waals surface area (Å²) < 4.78 is 25.6. The Morgan fingerprint density at radius 3 is 2.25 bits per heavy atom. The molecule has 9 heteroatoms. The van der Waals surface area contributed by atoms with Gasteiger partial charge in [-0.25, -0.2) is 8.42 Å². The number of benzene rings is 1. The predicted octanol–water partition coefficient (Wildman–Crippen LogP) is 1.78. The summed E-state index contributed by atoms with van der Waals surface area (Å²) in [5.74, 6) is 0.0902. The van der Waals surface area contributed by atoms with E-state index in [1.165, 1.54) is 4.31 Å². The quantitative estimate of drug-likeness (QED) is 0.664. The highest BCUT2D eigenvalue weighted by atomic mass is 32.2. The minimum absolute atomic E-state index is 0.00358. The Hall–Kier alpha value is -2.13. The molecule has 2 fully saturated rings. The number of nitrogens with zero attached hydrogens (tertiary/aromatic N) is 3. The van der Waals surface area contributed by atoms with Gasteiger partial charge in [0.25, 0.3) is 5.91 Å². The third kappa shape index (κ3) is 6.01. The summed E-state index contributed by atoms with van der Waals surface area (Å²) in [5, 5.41) is 3.09. The Labute approximate surface area is 192 Å². The SMILES string of the molecule is CN(C)CC(C)(C)CNC(=O)C1CCN(C(=O)c2ccc(N3CCCS3(=O)=O)cc2)CC1. The second-order valence-electron chi connectivity index (χ2n) is 9.97. The topological polar surface area (TPSA) is 90.0 Å². The van der Waals surface area contributed by atoms with Gasteiger partial charge in [-0.3, -0.25) is 13.9 Å². The molecule has 178 valence electrons. The molecular weight excluding hydrogens is 428 g/mol. The zero-order valence-corrected chi connectivity index (χ0v) is 20.5. The number of hydrogen-bond acceptors (Lipinski definition) is 5. The molecule has 1 aromatic rings. The average Bonchev–Trinajstić information content (AvgIpc) is 3.10. The molecule has 8 nitrogen and oxygen atoms in total. The summed E-state index contributed by atoms with van der Waals surface area (Å²) in [5.41, 5.74) is 1.14. The fourth-order valence-corrected chi connectivity index (χ4v) is 6.17. The number of anilines is 1. The van der Waals surface area contributed by atoms with Crippen LogP contribution >= 0.6 is 0 Å². The van der Waals surface area contributed by atoms with Crippen LogP contribution in [0, 0.1) is 11.3 Å². The molecule has 2 aliphatic heterocycles. The molecule has 2 saturated heterocycles. The van der Waals surface area contributed by atoms with Crippen LogP contribution in [0.25, 0.3) is 0 Å². The Bertz CT molecular complexity index is 920. The zero-order valence-electron chi connectivity index (χ0n) is 19.6. The van der Waals surface area contributed by atoms with E-state index in [0.29, 0.717) is 56.7 Å². The highest BCUT2D eigenvalue weighted by Crippen LogP contribution is 2.25. The van der Waals surface area contributed by atoms with Crippen molar-refractivity contribution in [1.29, 1.82) is 0 Å². The van der Waals surface area contributed by atoms with E-state index in [0.717, 1.165) is 6.54 Å². The molecule has 2 amide bonds. The molecule has 0 spiro atoms. The van der Waals surface area contributed by atoms with Gasteiger partial charge >= 0.3 is 0 Å². The number of carbonyl (C=O) groups excluding carboxylic acids is 2. The van der Waals surface area contributed by atoms with Gasteiger partial charge in [-0.1, -0.05) is 13.8 Å². The monoisotopic (exact) mass is 464 g/mol. The van der Waals surface area contributed by atoms with Crippen LogP contribution in [0.4, 0.5) is 5.69 Å². The Kier molecular flexibility index (Phi) is 7.50. The fourth-order valence-electron chi connectivity index (χ4n) is 4.61. The Balaban J connectivity index is 1.50. The van der Waals surface area contributed by atoms with Gasteiger partial charge in [-0.2, -0.15) is 0 Å². The summed E-state index contributed by atoms with van der Waals surface area (Å²) in [6, 6.07) is 6.78. The van der Waals surface area contributed by atoms with Crippen LogP contribution in [0.1, 0.15) is 43.5 Å². The van der Waals surface area contributed by atoms with Crippen LogP contribution in [0.3, 0.4) is 0 Å². The second-order valence-corrected chi connectivity index (χ2v) is 12.0. The van der Waals surface area contributed by atoms with E-state index >= 15 is 0 Å². The van der Waals surface area contributed by atoms with E-state index in [2.05, 4.69) is 24.1 Å². The number of amides is 2. The molecule has 2 aliphatic rings. The summed E-state index contributed by atoms with van der Waals surface area (Å²) in [7, 11) is 0.821. The summed E-state index contributed by atoms with van der Waals surface area (Å²) in [4.78, 5) is 29.4. The first kappa shape index (κ1) is 24.5. The third-order valence-corrected chi connectivity index (χ3v) is 8.01. The minimum Gasteiger partial charge on any atom is -0.355 e. The standard InChI is InChI=1S/C23H36N4O4S/c1-23(2,17-25(3)4)16-24-21(28)18-10-13-26(14-11-18)22(29)19-6-8-20(9-7-19)27-12-5-15-32(27,30)31/h6-9,18H,5,10-17H2,1-4H3,(H,24,28). The van der Waals surface area contributed by atoms with Crippen LogP contribution in [0.15, 0.2) is 24.3 Å². The second kappa shape index (κ2) is 9.79. The summed E-state index contributed by atoms with van der Waals surface area (Å²) in [6.45, 7) is 7.36. The average molecular weight is 465 g/mol. The lowest BCUT2D eigenvalue weighted by atomic mass is 9.91. The summed E-state index contributed by atoms with van der Waals surface area (Å²) >= 11 is 0. The van der Waals surface area contributed by atoms with E-state index in [4.69, 9.17) is 0 Å². The first-order valence-electron chi connectivity index (χ1n) is 11.3. The maximum absolute atomic E-state index is 12.9. The first-order chi connectivity index (χ1) is 15.0. The van der Waals surface area contributed by atoms with Crippen molar-refractivity contribution >= 4 is 27.5 Å². The molecule has 0 aliphatic carbocycles. The molecule has 1 N–H and O–H groups in total. The molecule has 3 rings (SSSR count). The number of likely N-dealkylation sites (tertiary alicyclic amines) is 1. The largest absolute Gasteiger partial charge is 0.355 e. The van der Waals surface area contributed by atoms with Crippen LogP contribution in [0.5, 0.6) is 0 Å². The molecule has 0 aromatic heterocycles. The normalized spacial score (nSPS) is 19.4. The maximum Gasteiger partial charge on any atom is 0.253 e. The number of piperidine rings is 1. The fraction of sp³-hybridized carbons (Fsp3) is 0.652. The van der Waals surface area contributed by atoms with Crippen molar-refractivity contribution in [3.05, 3.63) is 29.8 Å². The van der Waals surface area contributed by atoms with E-state index < -0.39 is 10.0 Å². The van der Waals surface area contributed by atoms with Gasteiger partial charge in [-0.15, -0.1) is 0 Å². The molecule has 0 unspecified atom stereocenters. The third-order valence-electron chi connectivity index (χ3n) is 6.14. The van der Waals surface area contributed by atoms with Crippen molar-refractivity contribution in [3.63, 3.8) is 0 Å². The van der Waals surface area contributed by atoms with Crippen molar-refractivity contribution in [2.75, 3.05) is 56.9 Å². The van der Waals surface area contributed by atoms with Gasteiger partial charge in [0.1, 0.15) is 0 Å². The van der Waals surface area contributed by atoms with Crippen molar-refractivity contribution in [2.45, 2.75) is 33.1 Å². The number of sulfonamides is 1. The van der Waals surface area contributed by atoms with Crippen molar-refractivity contribution in [1.82, 2.24) is 15.1 Å². The van der Waals surface area contributed by atoms with Crippen LogP contribution < -0.4 is 9.62 Å². The highest BCUT2D eigenvalue weighted by molar-refractivity contribution is 7.93. The maximum atomic E-state index is 12.9. The first-order valence-corrected chi connectivity index (χ1v) is 12.9. The van der Waals surface area contributed by atoms with Crippen LogP contribution in [-0.4, -0.2) is 82.6 Å². The van der Waals surface area contributed by atoms with Gasteiger partial charge in [0.15, 0.2) is 0 Å². The minimum atomic E-state index is -3.23. The molecule has 0 saturated carbocycles. The van der Waals surface area contributed by atoms with E-state index in [1.54, 1.807) is 29.2 Å². The number of rotatable bonds is 7. The molecule has 0 bridgehead atoms. The van der Waals surface area contributed by atoms with Gasteiger partial charge in [0.05, 0.1) is 11.4 Å². The van der Waals surface area contributed by atoms with Gasteiger partial charge in [0.2, 0.25) is 15.9 Å². The predicted molar refractivity (Wildman–Crippen MR) is 126 cm³/mol. The molecule has 2 heterocycles. The van der Waals surface area contributed by atoms with Gasteiger partial charge in [0, 0.05) is 44.2 Å². The molecule has 0 radical (unpaired) electrons. The van der Waals surface area contributed by atoms with Crippen molar-refractivity contribution in [2.24, 2.45) is 11.3 Å². The number of carbonyl (C=O) groups is 2. The van der Waals surface area contributed by atoms with Crippen molar-refractivity contribution < 1.29 is 18.0 Å². The van der Waals surface area contributed by atoms with Crippen LogP contribution in [0.2, 0.25) is 0 Å². The Morgan fingerprint density at radius 1 is 1.09 bits per heavy atom. The molecule has 32 heavy (non-hydrogen) atoms.